The van der Waals surface area contributed by atoms with Crippen molar-refractivity contribution in [2.75, 3.05) is 6.54 Å². The highest BCUT2D eigenvalue weighted by atomic mass is 79.9. The summed E-state index contributed by atoms with van der Waals surface area (Å²) in [5.41, 5.74) is 1.71. The van der Waals surface area contributed by atoms with Gasteiger partial charge in [0.2, 0.25) is 5.91 Å². The van der Waals surface area contributed by atoms with Crippen LogP contribution in [0.2, 0.25) is 0 Å². The minimum atomic E-state index is -0.479. The van der Waals surface area contributed by atoms with Gasteiger partial charge >= 0.3 is 0 Å². The summed E-state index contributed by atoms with van der Waals surface area (Å²) >= 11 is 3.38. The fraction of sp³-hybridized carbons (Fsp3) is 0.429. The quantitative estimate of drug-likeness (QED) is 0.651. The summed E-state index contributed by atoms with van der Waals surface area (Å²) in [6.07, 6.45) is 8.21. The van der Waals surface area contributed by atoms with Crippen molar-refractivity contribution in [2.24, 2.45) is 13.0 Å². The monoisotopic (exact) mass is 457 g/mol. The molecule has 2 aliphatic rings. The van der Waals surface area contributed by atoms with Crippen LogP contribution in [0.25, 0.3) is 0 Å². The summed E-state index contributed by atoms with van der Waals surface area (Å²) in [5, 5.41) is 10.3. The Hall–Kier alpha value is -2.48. The molecule has 2 aliphatic carbocycles. The third kappa shape index (κ3) is 4.12. The van der Waals surface area contributed by atoms with Gasteiger partial charge in [-0.25, -0.2) is 0 Å². The number of aryl methyl sites for hydroxylation is 2. The first kappa shape index (κ1) is 19.8. The third-order valence-electron chi connectivity index (χ3n) is 5.76. The zero-order valence-corrected chi connectivity index (χ0v) is 18.1. The number of amides is 2. The molecule has 4 rings (SSSR count). The second-order valence-corrected chi connectivity index (χ2v) is 8.82. The minimum absolute atomic E-state index is 0.0390. The maximum absolute atomic E-state index is 12.8. The van der Waals surface area contributed by atoms with Gasteiger partial charge in [0.05, 0.1) is 11.1 Å². The van der Waals surface area contributed by atoms with Crippen molar-refractivity contribution >= 4 is 27.7 Å². The number of nitrogens with one attached hydrogen (secondary N) is 2. The van der Waals surface area contributed by atoms with E-state index in [2.05, 4.69) is 42.7 Å². The van der Waals surface area contributed by atoms with Crippen LogP contribution in [-0.4, -0.2) is 39.2 Å². The van der Waals surface area contributed by atoms with Gasteiger partial charge in [-0.3, -0.25) is 19.3 Å². The second-order valence-electron chi connectivity index (χ2n) is 7.91. The van der Waals surface area contributed by atoms with E-state index in [1.807, 2.05) is 32.2 Å². The summed E-state index contributed by atoms with van der Waals surface area (Å²) in [6.45, 7) is 2.47. The fourth-order valence-electron chi connectivity index (χ4n) is 3.72. The number of hydrogen-bond acceptors (Lipinski definition) is 4. The molecule has 2 aromatic rings. The van der Waals surface area contributed by atoms with E-state index in [-0.39, 0.29) is 23.8 Å². The van der Waals surface area contributed by atoms with E-state index >= 15 is 0 Å². The maximum Gasteiger partial charge on any atom is 0.272 e. The van der Waals surface area contributed by atoms with Crippen molar-refractivity contribution in [1.29, 1.82) is 0 Å². The number of rotatable bonds is 6. The molecule has 0 aliphatic heterocycles. The van der Waals surface area contributed by atoms with Gasteiger partial charge in [0, 0.05) is 36.0 Å². The van der Waals surface area contributed by atoms with Crippen LogP contribution in [0.4, 0.5) is 0 Å². The molecule has 29 heavy (non-hydrogen) atoms. The molecular formula is C21H24BrN5O2. The standard InChI is InChI=1S/C21H24BrN5O2/c1-13-9-17(26-27(13)2)19(28)25-16-5-3-14(10-16)11-24-20(29)21(7-8-21)18-6-4-15(22)12-23-18/h3-6,9,12,14,16H,7-8,10-11H2,1-2H3,(H,24,29)(H,25,28)/t14-,16+/m0/s1. The van der Waals surface area contributed by atoms with E-state index in [1.54, 1.807) is 16.9 Å². The van der Waals surface area contributed by atoms with E-state index in [4.69, 9.17) is 0 Å². The lowest BCUT2D eigenvalue weighted by molar-refractivity contribution is -0.123. The molecule has 2 amide bonds. The Bertz CT molecular complexity index is 942. The number of carbonyl (C=O) groups is 2. The molecule has 7 nitrogen and oxygen atoms in total. The van der Waals surface area contributed by atoms with E-state index in [1.165, 1.54) is 0 Å². The lowest BCUT2D eigenvalue weighted by Gasteiger charge is -2.18. The molecule has 2 heterocycles. The zero-order chi connectivity index (χ0) is 20.6. The Balaban J connectivity index is 1.27. The molecule has 0 radical (unpaired) electrons. The van der Waals surface area contributed by atoms with Crippen molar-refractivity contribution in [3.05, 3.63) is 58.1 Å². The molecule has 2 aromatic heterocycles. The molecule has 1 fully saturated rings. The van der Waals surface area contributed by atoms with Gasteiger partial charge in [-0.2, -0.15) is 5.10 Å². The fourth-order valence-corrected chi connectivity index (χ4v) is 3.96. The van der Waals surface area contributed by atoms with Crippen LogP contribution in [0.1, 0.15) is 41.1 Å². The first-order valence-corrected chi connectivity index (χ1v) is 10.6. The van der Waals surface area contributed by atoms with E-state index in [0.29, 0.717) is 12.2 Å². The summed E-state index contributed by atoms with van der Waals surface area (Å²) in [4.78, 5) is 29.6. The normalized spacial score (nSPS) is 21.8. The number of halogens is 1. The lowest BCUT2D eigenvalue weighted by Crippen LogP contribution is -2.38. The number of nitrogens with zero attached hydrogens (tertiary/aromatic N) is 3. The van der Waals surface area contributed by atoms with Crippen molar-refractivity contribution in [2.45, 2.75) is 37.6 Å². The van der Waals surface area contributed by atoms with Crippen molar-refractivity contribution in [3.63, 3.8) is 0 Å². The number of pyridine rings is 1. The van der Waals surface area contributed by atoms with Gasteiger partial charge in [-0.15, -0.1) is 0 Å². The van der Waals surface area contributed by atoms with Crippen LogP contribution in [-0.2, 0) is 17.3 Å². The summed E-state index contributed by atoms with van der Waals surface area (Å²) in [6, 6.07) is 5.56. The highest BCUT2D eigenvalue weighted by Crippen LogP contribution is 2.47. The average molecular weight is 458 g/mol. The molecular weight excluding hydrogens is 434 g/mol. The number of hydrogen-bond donors (Lipinski definition) is 2. The van der Waals surface area contributed by atoms with E-state index < -0.39 is 5.41 Å². The first-order chi connectivity index (χ1) is 13.9. The average Bonchev–Trinajstić information content (AvgIpc) is 3.28. The molecule has 0 saturated heterocycles. The predicted molar refractivity (Wildman–Crippen MR) is 112 cm³/mol. The highest BCUT2D eigenvalue weighted by molar-refractivity contribution is 9.10. The molecule has 0 spiro atoms. The Kier molecular flexibility index (Phi) is 5.29. The molecule has 0 aromatic carbocycles. The highest BCUT2D eigenvalue weighted by Gasteiger charge is 2.52. The van der Waals surface area contributed by atoms with Gasteiger partial charge in [-0.1, -0.05) is 12.2 Å². The van der Waals surface area contributed by atoms with E-state index in [0.717, 1.165) is 35.1 Å². The minimum Gasteiger partial charge on any atom is -0.355 e. The SMILES string of the molecule is Cc1cc(C(=O)N[C@@H]2C=C[C@H](CNC(=O)C3(c4ccc(Br)cn4)CC3)C2)nn1C. The van der Waals surface area contributed by atoms with E-state index in [9.17, 15) is 9.59 Å². The summed E-state index contributed by atoms with van der Waals surface area (Å²) in [5.74, 6) is 0.0619. The third-order valence-corrected chi connectivity index (χ3v) is 6.23. The summed E-state index contributed by atoms with van der Waals surface area (Å²) < 4.78 is 2.59. The van der Waals surface area contributed by atoms with Crippen LogP contribution < -0.4 is 10.6 Å². The van der Waals surface area contributed by atoms with Crippen LogP contribution in [0.15, 0.2) is 41.0 Å². The molecule has 0 unspecified atom stereocenters. The zero-order valence-electron chi connectivity index (χ0n) is 16.5. The van der Waals surface area contributed by atoms with Crippen LogP contribution in [0.5, 0.6) is 0 Å². The van der Waals surface area contributed by atoms with Crippen molar-refractivity contribution < 1.29 is 9.59 Å². The van der Waals surface area contributed by atoms with Crippen LogP contribution in [0, 0.1) is 12.8 Å². The largest absolute Gasteiger partial charge is 0.355 e. The Morgan fingerprint density at radius 3 is 2.72 bits per heavy atom. The maximum atomic E-state index is 12.8. The smallest absolute Gasteiger partial charge is 0.272 e. The Labute approximate surface area is 178 Å². The predicted octanol–water partition coefficient (Wildman–Crippen LogP) is 2.41. The second kappa shape index (κ2) is 7.74. The lowest BCUT2D eigenvalue weighted by atomic mass is 10.00. The molecule has 1 saturated carbocycles. The van der Waals surface area contributed by atoms with Crippen LogP contribution >= 0.6 is 15.9 Å². The van der Waals surface area contributed by atoms with Crippen molar-refractivity contribution in [1.82, 2.24) is 25.4 Å². The molecule has 0 bridgehead atoms. The van der Waals surface area contributed by atoms with Crippen molar-refractivity contribution in [3.8, 4) is 0 Å². The first-order valence-electron chi connectivity index (χ1n) is 9.77. The molecule has 2 N–H and O–H groups in total. The summed E-state index contributed by atoms with van der Waals surface area (Å²) in [7, 11) is 1.82. The van der Waals surface area contributed by atoms with Crippen LogP contribution in [0.3, 0.4) is 0 Å². The van der Waals surface area contributed by atoms with Gasteiger partial charge in [0.1, 0.15) is 5.69 Å². The Morgan fingerprint density at radius 1 is 1.31 bits per heavy atom. The Morgan fingerprint density at radius 2 is 2.10 bits per heavy atom. The topological polar surface area (TPSA) is 88.9 Å². The van der Waals surface area contributed by atoms with Gasteiger partial charge in [0.25, 0.3) is 5.91 Å². The molecule has 152 valence electrons. The molecule has 8 heteroatoms. The van der Waals surface area contributed by atoms with Gasteiger partial charge in [0.15, 0.2) is 0 Å². The van der Waals surface area contributed by atoms with Gasteiger partial charge in [-0.05, 0) is 66.2 Å². The number of carbonyl (C=O) groups excluding carboxylic acids is 2. The number of aromatic nitrogens is 3. The van der Waals surface area contributed by atoms with Gasteiger partial charge < -0.3 is 10.6 Å². The molecule has 2 atom stereocenters.